The molecule has 0 amide bonds. The number of hydrogen-bond donors (Lipinski definition) is 1. The van der Waals surface area contributed by atoms with E-state index in [4.69, 9.17) is 0 Å². The van der Waals surface area contributed by atoms with Gasteiger partial charge in [-0.1, -0.05) is 30.3 Å². The van der Waals surface area contributed by atoms with Gasteiger partial charge in [0.15, 0.2) is 9.84 Å². The normalized spacial score (nSPS) is 24.4. The number of sulfone groups is 1. The lowest BCUT2D eigenvalue weighted by Crippen LogP contribution is -2.46. The molecule has 2 bridgehead atoms. The number of nitro groups is 1. The second-order valence-electron chi connectivity index (χ2n) is 8.07. The van der Waals surface area contributed by atoms with Crippen molar-refractivity contribution in [2.75, 3.05) is 11.6 Å². The van der Waals surface area contributed by atoms with Crippen LogP contribution >= 0.6 is 0 Å². The van der Waals surface area contributed by atoms with Gasteiger partial charge in [0.1, 0.15) is 4.90 Å². The highest BCUT2D eigenvalue weighted by Gasteiger charge is 2.40. The molecule has 2 aliphatic heterocycles. The van der Waals surface area contributed by atoms with Crippen molar-refractivity contribution in [2.45, 2.75) is 55.2 Å². The van der Waals surface area contributed by atoms with Crippen LogP contribution in [0.15, 0.2) is 53.4 Å². The number of nitrogens with one attached hydrogen (secondary N) is 1. The first-order valence-corrected chi connectivity index (χ1v) is 11.7. The van der Waals surface area contributed by atoms with Gasteiger partial charge in [-0.2, -0.15) is 0 Å². The fraction of sp³-hybridized carbons (Fsp3) is 0.429. The number of nitro benzene ring substituents is 1. The SMILES string of the molecule is CS(=O)(=O)c1cc(NC2CC3CCC(C2)N3Cc2ccccc2)ccc1[N+](=O)[O-]. The van der Waals surface area contributed by atoms with Crippen molar-refractivity contribution in [3.63, 3.8) is 0 Å². The summed E-state index contributed by atoms with van der Waals surface area (Å²) in [7, 11) is -3.68. The van der Waals surface area contributed by atoms with Crippen LogP contribution in [0.25, 0.3) is 0 Å². The smallest absolute Gasteiger partial charge is 0.288 e. The molecule has 2 saturated heterocycles. The molecule has 8 heteroatoms. The van der Waals surface area contributed by atoms with Gasteiger partial charge in [-0.3, -0.25) is 15.0 Å². The summed E-state index contributed by atoms with van der Waals surface area (Å²) in [6.45, 7) is 0.957. The Morgan fingerprint density at radius 1 is 1.10 bits per heavy atom. The average Bonchev–Trinajstić information content (AvgIpc) is 2.90. The minimum absolute atomic E-state index is 0.230. The lowest BCUT2D eigenvalue weighted by Gasteiger charge is -2.39. The lowest BCUT2D eigenvalue weighted by atomic mass is 9.96. The van der Waals surface area contributed by atoms with Gasteiger partial charge in [0.25, 0.3) is 5.69 Å². The van der Waals surface area contributed by atoms with Gasteiger partial charge in [0, 0.05) is 42.7 Å². The molecule has 2 aromatic rings. The zero-order chi connectivity index (χ0) is 20.6. The van der Waals surface area contributed by atoms with Crippen LogP contribution in [0.5, 0.6) is 0 Å². The summed E-state index contributed by atoms with van der Waals surface area (Å²) >= 11 is 0. The third-order valence-electron chi connectivity index (χ3n) is 6.02. The minimum Gasteiger partial charge on any atom is -0.382 e. The molecule has 29 heavy (non-hydrogen) atoms. The molecule has 2 atom stereocenters. The molecule has 4 rings (SSSR count). The predicted molar refractivity (Wildman–Crippen MR) is 112 cm³/mol. The Labute approximate surface area is 170 Å². The summed E-state index contributed by atoms with van der Waals surface area (Å²) in [5, 5.41) is 14.6. The number of nitrogens with zero attached hydrogens (tertiary/aromatic N) is 2. The quantitative estimate of drug-likeness (QED) is 0.572. The van der Waals surface area contributed by atoms with Gasteiger partial charge >= 0.3 is 0 Å². The van der Waals surface area contributed by atoms with E-state index in [0.717, 1.165) is 25.6 Å². The van der Waals surface area contributed by atoms with Crippen LogP contribution in [0.3, 0.4) is 0 Å². The Kier molecular flexibility index (Phi) is 5.31. The average molecular weight is 416 g/mol. The van der Waals surface area contributed by atoms with E-state index in [9.17, 15) is 18.5 Å². The molecule has 0 spiro atoms. The Bertz CT molecular complexity index is 996. The van der Waals surface area contributed by atoms with E-state index >= 15 is 0 Å². The zero-order valence-electron chi connectivity index (χ0n) is 16.3. The first kappa shape index (κ1) is 19.8. The van der Waals surface area contributed by atoms with E-state index in [1.807, 2.05) is 6.07 Å². The van der Waals surface area contributed by atoms with Crippen molar-refractivity contribution in [1.82, 2.24) is 4.90 Å². The van der Waals surface area contributed by atoms with Crippen molar-refractivity contribution in [3.05, 3.63) is 64.2 Å². The van der Waals surface area contributed by atoms with E-state index in [-0.39, 0.29) is 16.6 Å². The molecule has 0 saturated carbocycles. The summed E-state index contributed by atoms with van der Waals surface area (Å²) in [6.07, 6.45) is 5.31. The van der Waals surface area contributed by atoms with Crippen LogP contribution in [0.2, 0.25) is 0 Å². The molecule has 0 aliphatic carbocycles. The minimum atomic E-state index is -3.68. The number of anilines is 1. The fourth-order valence-corrected chi connectivity index (χ4v) is 5.60. The predicted octanol–water partition coefficient (Wildman–Crippen LogP) is 3.61. The third-order valence-corrected chi connectivity index (χ3v) is 7.15. The maximum Gasteiger partial charge on any atom is 0.288 e. The maximum atomic E-state index is 12.0. The summed E-state index contributed by atoms with van der Waals surface area (Å²) in [5.41, 5.74) is 1.57. The summed E-state index contributed by atoms with van der Waals surface area (Å²) in [4.78, 5) is 12.9. The number of benzene rings is 2. The largest absolute Gasteiger partial charge is 0.382 e. The van der Waals surface area contributed by atoms with E-state index < -0.39 is 14.8 Å². The highest BCUT2D eigenvalue weighted by molar-refractivity contribution is 7.90. The molecule has 1 N–H and O–H groups in total. The van der Waals surface area contributed by atoms with Crippen LogP contribution in [0.4, 0.5) is 11.4 Å². The Balaban J connectivity index is 1.48. The molecular formula is C21H25N3O4S. The van der Waals surface area contributed by atoms with Gasteiger partial charge in [0.05, 0.1) is 4.92 Å². The third kappa shape index (κ3) is 4.28. The molecule has 2 heterocycles. The number of piperidine rings is 1. The van der Waals surface area contributed by atoms with Crippen LogP contribution < -0.4 is 5.32 Å². The monoisotopic (exact) mass is 415 g/mol. The summed E-state index contributed by atoms with van der Waals surface area (Å²) in [5.74, 6) is 0. The number of rotatable bonds is 6. The zero-order valence-corrected chi connectivity index (χ0v) is 17.1. The molecule has 0 aromatic heterocycles. The summed E-state index contributed by atoms with van der Waals surface area (Å²) < 4.78 is 24.0. The Hall–Kier alpha value is -2.45. The first-order valence-electron chi connectivity index (χ1n) is 9.86. The van der Waals surface area contributed by atoms with Crippen molar-refractivity contribution in [3.8, 4) is 0 Å². The van der Waals surface area contributed by atoms with Gasteiger partial charge < -0.3 is 5.32 Å². The molecule has 7 nitrogen and oxygen atoms in total. The van der Waals surface area contributed by atoms with Crippen LogP contribution in [0.1, 0.15) is 31.2 Å². The van der Waals surface area contributed by atoms with Crippen LogP contribution in [-0.4, -0.2) is 42.6 Å². The van der Waals surface area contributed by atoms with E-state index in [1.165, 1.54) is 30.5 Å². The van der Waals surface area contributed by atoms with E-state index in [0.29, 0.717) is 17.8 Å². The van der Waals surface area contributed by atoms with Crippen LogP contribution in [0, 0.1) is 10.1 Å². The van der Waals surface area contributed by atoms with E-state index in [1.54, 1.807) is 6.07 Å². The van der Waals surface area contributed by atoms with E-state index in [2.05, 4.69) is 34.5 Å². The van der Waals surface area contributed by atoms with Gasteiger partial charge in [-0.15, -0.1) is 0 Å². The topological polar surface area (TPSA) is 92.6 Å². The molecule has 0 radical (unpaired) electrons. The summed E-state index contributed by atoms with van der Waals surface area (Å²) in [6, 6.07) is 16.0. The van der Waals surface area contributed by atoms with Crippen molar-refractivity contribution >= 4 is 21.2 Å². The molecule has 2 fully saturated rings. The second-order valence-corrected chi connectivity index (χ2v) is 10.1. The van der Waals surface area contributed by atoms with Crippen molar-refractivity contribution in [2.24, 2.45) is 0 Å². The molecular weight excluding hydrogens is 390 g/mol. The van der Waals surface area contributed by atoms with Gasteiger partial charge in [0.2, 0.25) is 0 Å². The Morgan fingerprint density at radius 2 is 1.76 bits per heavy atom. The molecule has 154 valence electrons. The highest BCUT2D eigenvalue weighted by Crippen LogP contribution is 2.38. The number of fused-ring (bicyclic) bond motifs is 2. The van der Waals surface area contributed by atoms with Gasteiger partial charge in [-0.25, -0.2) is 8.42 Å². The molecule has 2 unspecified atom stereocenters. The van der Waals surface area contributed by atoms with Crippen molar-refractivity contribution in [1.29, 1.82) is 0 Å². The Morgan fingerprint density at radius 3 is 2.34 bits per heavy atom. The molecule has 2 aliphatic rings. The number of hydrogen-bond acceptors (Lipinski definition) is 6. The second kappa shape index (κ2) is 7.76. The molecule has 2 aromatic carbocycles. The van der Waals surface area contributed by atoms with Crippen molar-refractivity contribution < 1.29 is 13.3 Å². The fourth-order valence-electron chi connectivity index (χ4n) is 4.73. The van der Waals surface area contributed by atoms with Gasteiger partial charge in [-0.05, 0) is 43.4 Å². The van der Waals surface area contributed by atoms with Crippen LogP contribution in [-0.2, 0) is 16.4 Å². The maximum absolute atomic E-state index is 12.0. The lowest BCUT2D eigenvalue weighted by molar-refractivity contribution is -0.387. The highest BCUT2D eigenvalue weighted by atomic mass is 32.2. The first-order chi connectivity index (χ1) is 13.8. The standard InChI is InChI=1S/C21H25N3O4S/c1-29(27,28)21-13-16(7-10-20(21)24(25)26)22-17-11-18-8-9-19(12-17)23(18)14-15-5-3-2-4-6-15/h2-7,10,13,17-19,22H,8-9,11-12,14H2,1H3.